The van der Waals surface area contributed by atoms with E-state index >= 15 is 0 Å². The molecule has 0 unspecified atom stereocenters. The van der Waals surface area contributed by atoms with E-state index in [4.69, 9.17) is 0 Å². The largest absolute Gasteiger partial charge is 0.507 e. The monoisotopic (exact) mass is 217 g/mol. The SMILES string of the molecule is CC1=CCN(C(=O)c2ccccc2O)CC1. The van der Waals surface area contributed by atoms with Gasteiger partial charge in [0.2, 0.25) is 0 Å². The fraction of sp³-hybridized carbons (Fsp3) is 0.308. The van der Waals surface area contributed by atoms with E-state index in [0.29, 0.717) is 12.1 Å². The van der Waals surface area contributed by atoms with Gasteiger partial charge in [-0.3, -0.25) is 4.79 Å². The van der Waals surface area contributed by atoms with Gasteiger partial charge in [0, 0.05) is 13.1 Å². The van der Waals surface area contributed by atoms with Crippen LogP contribution in [0.15, 0.2) is 35.9 Å². The molecule has 1 aromatic carbocycles. The van der Waals surface area contributed by atoms with E-state index in [1.165, 1.54) is 11.6 Å². The van der Waals surface area contributed by atoms with Gasteiger partial charge in [0.15, 0.2) is 0 Å². The number of amides is 1. The lowest BCUT2D eigenvalue weighted by molar-refractivity contribution is 0.0766. The van der Waals surface area contributed by atoms with Gasteiger partial charge in [-0.05, 0) is 25.5 Å². The number of hydrogen-bond donors (Lipinski definition) is 1. The van der Waals surface area contributed by atoms with Crippen LogP contribution in [0.4, 0.5) is 0 Å². The summed E-state index contributed by atoms with van der Waals surface area (Å²) in [7, 11) is 0. The van der Waals surface area contributed by atoms with Crippen LogP contribution in [0.2, 0.25) is 0 Å². The maximum Gasteiger partial charge on any atom is 0.257 e. The predicted octanol–water partition coefficient (Wildman–Crippen LogP) is 2.18. The molecule has 1 aromatic rings. The Morgan fingerprint density at radius 3 is 2.75 bits per heavy atom. The molecule has 0 aromatic heterocycles. The summed E-state index contributed by atoms with van der Waals surface area (Å²) in [6, 6.07) is 6.67. The first-order valence-electron chi connectivity index (χ1n) is 5.41. The predicted molar refractivity (Wildman–Crippen MR) is 62.4 cm³/mol. The number of nitrogens with zero attached hydrogens (tertiary/aromatic N) is 1. The maximum atomic E-state index is 12.1. The molecule has 3 heteroatoms. The number of rotatable bonds is 1. The van der Waals surface area contributed by atoms with Crippen LogP contribution in [0.5, 0.6) is 5.75 Å². The van der Waals surface area contributed by atoms with E-state index < -0.39 is 0 Å². The van der Waals surface area contributed by atoms with Crippen molar-refractivity contribution in [2.75, 3.05) is 13.1 Å². The molecule has 0 saturated heterocycles. The summed E-state index contributed by atoms with van der Waals surface area (Å²) in [6.45, 7) is 3.44. The smallest absolute Gasteiger partial charge is 0.257 e. The Morgan fingerprint density at radius 2 is 2.12 bits per heavy atom. The highest BCUT2D eigenvalue weighted by molar-refractivity contribution is 5.96. The van der Waals surface area contributed by atoms with Gasteiger partial charge < -0.3 is 10.0 Å². The maximum absolute atomic E-state index is 12.1. The number of hydrogen-bond acceptors (Lipinski definition) is 2. The molecule has 0 fully saturated rings. The van der Waals surface area contributed by atoms with E-state index in [9.17, 15) is 9.90 Å². The van der Waals surface area contributed by atoms with Crippen molar-refractivity contribution in [3.63, 3.8) is 0 Å². The fourth-order valence-corrected chi connectivity index (χ4v) is 1.78. The van der Waals surface area contributed by atoms with Crippen molar-refractivity contribution in [3.8, 4) is 5.75 Å². The standard InChI is InChI=1S/C13H15NO2/c1-10-6-8-14(9-7-10)13(16)11-4-2-3-5-12(11)15/h2-6,15H,7-9H2,1H3. The van der Waals surface area contributed by atoms with Crippen molar-refractivity contribution < 1.29 is 9.90 Å². The van der Waals surface area contributed by atoms with E-state index in [1.54, 1.807) is 23.1 Å². The molecule has 3 nitrogen and oxygen atoms in total. The Kier molecular flexibility index (Phi) is 2.95. The van der Waals surface area contributed by atoms with E-state index in [0.717, 1.165) is 13.0 Å². The molecule has 1 N–H and O–H groups in total. The summed E-state index contributed by atoms with van der Waals surface area (Å²) >= 11 is 0. The molecule has 0 saturated carbocycles. The van der Waals surface area contributed by atoms with Crippen LogP contribution in [0.25, 0.3) is 0 Å². The first kappa shape index (κ1) is 10.7. The van der Waals surface area contributed by atoms with Gasteiger partial charge >= 0.3 is 0 Å². The van der Waals surface area contributed by atoms with Gasteiger partial charge in [0.05, 0.1) is 5.56 Å². The molecule has 1 aliphatic rings. The molecule has 0 atom stereocenters. The quantitative estimate of drug-likeness (QED) is 0.732. The van der Waals surface area contributed by atoms with Gasteiger partial charge in [-0.2, -0.15) is 0 Å². The highest BCUT2D eigenvalue weighted by Gasteiger charge is 2.19. The second kappa shape index (κ2) is 4.39. The molecule has 16 heavy (non-hydrogen) atoms. The van der Waals surface area contributed by atoms with E-state index in [1.807, 2.05) is 0 Å². The Bertz CT molecular complexity index is 437. The highest BCUT2D eigenvalue weighted by Crippen LogP contribution is 2.20. The summed E-state index contributed by atoms with van der Waals surface area (Å²) in [5.41, 5.74) is 1.71. The van der Waals surface area contributed by atoms with Crippen LogP contribution in [0.3, 0.4) is 0 Å². The zero-order chi connectivity index (χ0) is 11.5. The Balaban J connectivity index is 2.18. The number of para-hydroxylation sites is 1. The summed E-state index contributed by atoms with van der Waals surface area (Å²) in [5, 5.41) is 9.60. The molecule has 2 rings (SSSR count). The average Bonchev–Trinajstić information content (AvgIpc) is 2.30. The number of benzene rings is 1. The molecule has 0 spiro atoms. The minimum absolute atomic E-state index is 0.0544. The van der Waals surface area contributed by atoms with Gasteiger partial charge in [-0.25, -0.2) is 0 Å². The number of carbonyl (C=O) groups excluding carboxylic acids is 1. The normalized spacial score (nSPS) is 15.8. The minimum atomic E-state index is -0.0955. The lowest BCUT2D eigenvalue weighted by atomic mass is 10.1. The molecule has 0 aliphatic carbocycles. The van der Waals surface area contributed by atoms with Crippen LogP contribution in [0, 0.1) is 0 Å². The van der Waals surface area contributed by atoms with Gasteiger partial charge in [-0.15, -0.1) is 0 Å². The molecule has 1 heterocycles. The second-order valence-electron chi connectivity index (χ2n) is 4.07. The lowest BCUT2D eigenvalue weighted by Gasteiger charge is -2.25. The zero-order valence-corrected chi connectivity index (χ0v) is 9.31. The number of phenols is 1. The minimum Gasteiger partial charge on any atom is -0.507 e. The van der Waals surface area contributed by atoms with Gasteiger partial charge in [0.1, 0.15) is 5.75 Å². The van der Waals surface area contributed by atoms with Gasteiger partial charge in [0.25, 0.3) is 5.91 Å². The average molecular weight is 217 g/mol. The van der Waals surface area contributed by atoms with Crippen LogP contribution < -0.4 is 0 Å². The first-order valence-corrected chi connectivity index (χ1v) is 5.41. The summed E-state index contributed by atoms with van der Waals surface area (Å²) in [6.07, 6.45) is 2.97. The highest BCUT2D eigenvalue weighted by atomic mass is 16.3. The van der Waals surface area contributed by atoms with Crippen LogP contribution in [-0.2, 0) is 0 Å². The van der Waals surface area contributed by atoms with Crippen molar-refractivity contribution >= 4 is 5.91 Å². The molecule has 84 valence electrons. The molecular weight excluding hydrogens is 202 g/mol. The van der Waals surface area contributed by atoms with Crippen molar-refractivity contribution in [1.82, 2.24) is 4.90 Å². The van der Waals surface area contributed by atoms with Crippen LogP contribution >= 0.6 is 0 Å². The van der Waals surface area contributed by atoms with E-state index in [2.05, 4.69) is 13.0 Å². The third-order valence-electron chi connectivity index (χ3n) is 2.86. The Labute approximate surface area is 95.0 Å². The third kappa shape index (κ3) is 2.08. The third-order valence-corrected chi connectivity index (χ3v) is 2.86. The summed E-state index contributed by atoms with van der Waals surface area (Å²) in [4.78, 5) is 13.8. The van der Waals surface area contributed by atoms with Crippen molar-refractivity contribution in [2.45, 2.75) is 13.3 Å². The van der Waals surface area contributed by atoms with Crippen molar-refractivity contribution in [3.05, 3.63) is 41.5 Å². The second-order valence-corrected chi connectivity index (χ2v) is 4.07. The first-order chi connectivity index (χ1) is 7.68. The molecule has 0 radical (unpaired) electrons. The van der Waals surface area contributed by atoms with Crippen LogP contribution in [0.1, 0.15) is 23.7 Å². The summed E-state index contributed by atoms with van der Waals surface area (Å²) in [5.74, 6) is -0.0411. The molecule has 0 bridgehead atoms. The Morgan fingerprint density at radius 1 is 1.38 bits per heavy atom. The zero-order valence-electron chi connectivity index (χ0n) is 9.31. The number of phenolic OH excluding ortho intramolecular Hbond substituents is 1. The Hall–Kier alpha value is -1.77. The molecule has 1 aliphatic heterocycles. The lowest BCUT2D eigenvalue weighted by Crippen LogP contribution is -2.34. The van der Waals surface area contributed by atoms with E-state index in [-0.39, 0.29) is 11.7 Å². The number of carbonyl (C=O) groups is 1. The fourth-order valence-electron chi connectivity index (χ4n) is 1.78. The molecule has 1 amide bonds. The number of aromatic hydroxyl groups is 1. The van der Waals surface area contributed by atoms with Crippen molar-refractivity contribution in [1.29, 1.82) is 0 Å². The van der Waals surface area contributed by atoms with Gasteiger partial charge in [-0.1, -0.05) is 23.8 Å². The topological polar surface area (TPSA) is 40.5 Å². The molecular formula is C13H15NO2. The van der Waals surface area contributed by atoms with Crippen LogP contribution in [-0.4, -0.2) is 29.0 Å². The summed E-state index contributed by atoms with van der Waals surface area (Å²) < 4.78 is 0. The van der Waals surface area contributed by atoms with Crippen molar-refractivity contribution in [2.24, 2.45) is 0 Å².